The van der Waals surface area contributed by atoms with Crippen molar-refractivity contribution in [3.63, 3.8) is 0 Å². The summed E-state index contributed by atoms with van der Waals surface area (Å²) < 4.78 is 1.02. The van der Waals surface area contributed by atoms with Crippen molar-refractivity contribution in [2.24, 2.45) is 0 Å². The molecule has 0 saturated heterocycles. The number of anilines is 2. The van der Waals surface area contributed by atoms with Gasteiger partial charge < -0.3 is 5.32 Å². The van der Waals surface area contributed by atoms with Crippen molar-refractivity contribution in [1.29, 1.82) is 0 Å². The van der Waals surface area contributed by atoms with Gasteiger partial charge in [-0.15, -0.1) is 11.3 Å². The summed E-state index contributed by atoms with van der Waals surface area (Å²) >= 11 is 3.69. The maximum Gasteiger partial charge on any atom is 0.228 e. The second-order valence-corrected chi connectivity index (χ2v) is 4.19. The summed E-state index contributed by atoms with van der Waals surface area (Å²) in [6.07, 6.45) is 3.50. The van der Waals surface area contributed by atoms with E-state index in [9.17, 15) is 0 Å². The molecule has 0 aliphatic rings. The van der Waals surface area contributed by atoms with Crippen molar-refractivity contribution in [1.82, 2.24) is 15.0 Å². The average molecular weight is 304 g/mol. The zero-order valence-electron chi connectivity index (χ0n) is 6.44. The lowest BCUT2D eigenvalue weighted by atomic mass is 10.6. The van der Waals surface area contributed by atoms with E-state index in [0.29, 0.717) is 5.95 Å². The van der Waals surface area contributed by atoms with Gasteiger partial charge in [0.05, 0.1) is 5.51 Å². The average Bonchev–Trinajstić information content (AvgIpc) is 2.62. The van der Waals surface area contributed by atoms with Crippen molar-refractivity contribution in [2.75, 3.05) is 5.32 Å². The first-order valence-electron chi connectivity index (χ1n) is 3.47. The van der Waals surface area contributed by atoms with E-state index < -0.39 is 0 Å². The van der Waals surface area contributed by atoms with Gasteiger partial charge in [-0.3, -0.25) is 0 Å². The summed E-state index contributed by atoms with van der Waals surface area (Å²) in [5.74, 6) is 1.36. The van der Waals surface area contributed by atoms with E-state index in [1.54, 1.807) is 17.9 Å². The quantitative estimate of drug-likeness (QED) is 0.865. The molecule has 0 fully saturated rings. The number of halogens is 1. The van der Waals surface area contributed by atoms with Crippen molar-refractivity contribution >= 4 is 45.7 Å². The molecule has 1 N–H and O–H groups in total. The van der Waals surface area contributed by atoms with E-state index in [4.69, 9.17) is 0 Å². The van der Waals surface area contributed by atoms with Crippen molar-refractivity contribution in [3.05, 3.63) is 26.9 Å². The Morgan fingerprint density at radius 2 is 2.00 bits per heavy atom. The van der Waals surface area contributed by atoms with Gasteiger partial charge in [-0.2, -0.15) is 0 Å². The van der Waals surface area contributed by atoms with Crippen LogP contribution in [0, 0.1) is 3.57 Å². The van der Waals surface area contributed by atoms with Gasteiger partial charge in [0.15, 0.2) is 0 Å². The first-order valence-corrected chi connectivity index (χ1v) is 5.49. The van der Waals surface area contributed by atoms with Crippen LogP contribution in [0.15, 0.2) is 23.3 Å². The Balaban J connectivity index is 2.15. The zero-order valence-corrected chi connectivity index (χ0v) is 9.41. The van der Waals surface area contributed by atoms with Crippen LogP contribution in [-0.4, -0.2) is 15.0 Å². The van der Waals surface area contributed by atoms with Crippen LogP contribution in [-0.2, 0) is 0 Å². The zero-order chi connectivity index (χ0) is 9.10. The summed E-state index contributed by atoms with van der Waals surface area (Å²) in [6, 6.07) is 0. The lowest BCUT2D eigenvalue weighted by Gasteiger charge is -1.98. The lowest BCUT2D eigenvalue weighted by Crippen LogP contribution is -1.96. The summed E-state index contributed by atoms with van der Waals surface area (Å²) in [7, 11) is 0. The topological polar surface area (TPSA) is 50.7 Å². The molecule has 0 saturated carbocycles. The van der Waals surface area contributed by atoms with Crippen LogP contribution >= 0.6 is 33.9 Å². The Hall–Kier alpha value is -0.760. The van der Waals surface area contributed by atoms with E-state index in [1.165, 1.54) is 11.3 Å². The Morgan fingerprint density at radius 3 is 2.62 bits per heavy atom. The number of hydrogen-bond donors (Lipinski definition) is 1. The highest BCUT2D eigenvalue weighted by Crippen LogP contribution is 2.12. The standard InChI is InChI=1S/C7H5IN4S/c8-5-1-9-7(10-2-5)12-6-3-13-4-11-6/h1-4H,(H,9,10,12). The second-order valence-electron chi connectivity index (χ2n) is 2.22. The van der Waals surface area contributed by atoms with E-state index in [1.807, 2.05) is 5.38 Å². The predicted octanol–water partition coefficient (Wildman–Crippen LogP) is 2.28. The fourth-order valence-electron chi connectivity index (χ4n) is 0.766. The highest BCUT2D eigenvalue weighted by Gasteiger charge is 1.97. The first kappa shape index (κ1) is 8.82. The summed E-state index contributed by atoms with van der Waals surface area (Å²) in [4.78, 5) is 12.2. The minimum absolute atomic E-state index is 0.575. The molecule has 0 aliphatic heterocycles. The van der Waals surface area contributed by atoms with E-state index in [-0.39, 0.29) is 0 Å². The predicted molar refractivity (Wildman–Crippen MR) is 60.1 cm³/mol. The van der Waals surface area contributed by atoms with Gasteiger partial charge in [0.2, 0.25) is 5.95 Å². The number of aromatic nitrogens is 3. The van der Waals surface area contributed by atoms with Gasteiger partial charge in [-0.1, -0.05) is 0 Å². The van der Waals surface area contributed by atoms with Crippen LogP contribution < -0.4 is 5.32 Å². The minimum atomic E-state index is 0.575. The maximum atomic E-state index is 4.09. The van der Waals surface area contributed by atoms with E-state index in [2.05, 4.69) is 42.9 Å². The molecule has 0 radical (unpaired) electrons. The van der Waals surface area contributed by atoms with Gasteiger partial charge in [0.25, 0.3) is 0 Å². The monoisotopic (exact) mass is 304 g/mol. The van der Waals surface area contributed by atoms with Crippen LogP contribution in [0.5, 0.6) is 0 Å². The number of hydrogen-bond acceptors (Lipinski definition) is 5. The van der Waals surface area contributed by atoms with Crippen molar-refractivity contribution in [2.45, 2.75) is 0 Å². The fourth-order valence-corrected chi connectivity index (χ4v) is 1.53. The van der Waals surface area contributed by atoms with Gasteiger partial charge in [-0.25, -0.2) is 15.0 Å². The molecule has 2 aromatic heterocycles. The molecule has 4 nitrogen and oxygen atoms in total. The third kappa shape index (κ3) is 2.34. The minimum Gasteiger partial charge on any atom is -0.308 e. The SMILES string of the molecule is Ic1cnc(Nc2cscn2)nc1. The maximum absolute atomic E-state index is 4.09. The summed E-state index contributed by atoms with van der Waals surface area (Å²) in [5, 5.41) is 4.89. The summed E-state index contributed by atoms with van der Waals surface area (Å²) in [5.41, 5.74) is 1.76. The van der Waals surface area contributed by atoms with Crippen LogP contribution in [0.25, 0.3) is 0 Å². The molecular formula is C7H5IN4S. The molecule has 0 atom stereocenters. The second kappa shape index (κ2) is 3.97. The lowest BCUT2D eigenvalue weighted by molar-refractivity contribution is 1.14. The largest absolute Gasteiger partial charge is 0.308 e. The third-order valence-corrected chi connectivity index (χ3v) is 2.44. The molecule has 6 heteroatoms. The normalized spacial score (nSPS) is 9.92. The molecule has 0 bridgehead atoms. The van der Waals surface area contributed by atoms with Crippen molar-refractivity contribution in [3.8, 4) is 0 Å². The Morgan fingerprint density at radius 1 is 1.23 bits per heavy atom. The van der Waals surface area contributed by atoms with E-state index >= 15 is 0 Å². The molecule has 2 rings (SSSR count). The fraction of sp³-hybridized carbons (Fsp3) is 0. The Kier molecular flexibility index (Phi) is 2.69. The molecule has 0 aromatic carbocycles. The summed E-state index contributed by atoms with van der Waals surface area (Å²) in [6.45, 7) is 0. The number of rotatable bonds is 2. The first-order chi connectivity index (χ1) is 6.34. The van der Waals surface area contributed by atoms with Crippen LogP contribution in [0.3, 0.4) is 0 Å². The third-order valence-electron chi connectivity index (χ3n) is 1.29. The van der Waals surface area contributed by atoms with Crippen LogP contribution in [0.2, 0.25) is 0 Å². The molecule has 0 unspecified atom stereocenters. The molecule has 2 heterocycles. The number of nitrogens with zero attached hydrogens (tertiary/aromatic N) is 3. The van der Waals surface area contributed by atoms with E-state index in [0.717, 1.165) is 9.39 Å². The molecule has 66 valence electrons. The number of nitrogens with one attached hydrogen (secondary N) is 1. The smallest absolute Gasteiger partial charge is 0.228 e. The van der Waals surface area contributed by atoms with Gasteiger partial charge in [0, 0.05) is 21.3 Å². The van der Waals surface area contributed by atoms with Gasteiger partial charge >= 0.3 is 0 Å². The Labute approximate surface area is 92.6 Å². The molecule has 2 aromatic rings. The Bertz CT molecular complexity index is 372. The van der Waals surface area contributed by atoms with Gasteiger partial charge in [0.1, 0.15) is 5.82 Å². The highest BCUT2D eigenvalue weighted by atomic mass is 127. The highest BCUT2D eigenvalue weighted by molar-refractivity contribution is 14.1. The van der Waals surface area contributed by atoms with Crippen molar-refractivity contribution < 1.29 is 0 Å². The molecule has 0 amide bonds. The molecule has 0 spiro atoms. The van der Waals surface area contributed by atoms with Crippen LogP contribution in [0.1, 0.15) is 0 Å². The van der Waals surface area contributed by atoms with Gasteiger partial charge in [-0.05, 0) is 22.6 Å². The molecule has 0 aliphatic carbocycles. The number of thiazole rings is 1. The van der Waals surface area contributed by atoms with Crippen LogP contribution in [0.4, 0.5) is 11.8 Å². The molecular weight excluding hydrogens is 299 g/mol. The molecule has 13 heavy (non-hydrogen) atoms.